The second kappa shape index (κ2) is 7.43. The van der Waals surface area contributed by atoms with Crippen LogP contribution in [0.3, 0.4) is 0 Å². The van der Waals surface area contributed by atoms with Gasteiger partial charge in [-0.2, -0.15) is 0 Å². The maximum Gasteiger partial charge on any atom is 0.271 e. The largest absolute Gasteiger partial charge is 0.378 e. The highest BCUT2D eigenvalue weighted by atomic mass is 79.9. The van der Waals surface area contributed by atoms with Gasteiger partial charge >= 0.3 is 0 Å². The molecular formula is C18H15BrN2O5S2. The summed E-state index contributed by atoms with van der Waals surface area (Å²) in [5.74, 6) is -0.891. The maximum atomic E-state index is 13.2. The van der Waals surface area contributed by atoms with Crippen LogP contribution in [0.4, 0.5) is 0 Å². The summed E-state index contributed by atoms with van der Waals surface area (Å²) in [7, 11) is -4.02. The summed E-state index contributed by atoms with van der Waals surface area (Å²) in [4.78, 5) is 28.0. The van der Waals surface area contributed by atoms with Crippen molar-refractivity contribution >= 4 is 48.9 Å². The van der Waals surface area contributed by atoms with Gasteiger partial charge in [0.2, 0.25) is 11.6 Å². The lowest BCUT2D eigenvalue weighted by Crippen LogP contribution is -2.44. The van der Waals surface area contributed by atoms with Crippen molar-refractivity contribution in [3.63, 3.8) is 0 Å². The highest BCUT2D eigenvalue weighted by molar-refractivity contribution is 9.11. The lowest BCUT2D eigenvalue weighted by atomic mass is 9.90. The van der Waals surface area contributed by atoms with Crippen molar-refractivity contribution < 1.29 is 22.7 Å². The summed E-state index contributed by atoms with van der Waals surface area (Å²) < 4.78 is 34.1. The molecule has 1 saturated heterocycles. The Bertz CT molecular complexity index is 1100. The van der Waals surface area contributed by atoms with Crippen LogP contribution in [0.15, 0.2) is 55.8 Å². The molecule has 1 aliphatic carbocycles. The third-order valence-corrected chi connectivity index (χ3v) is 7.94. The van der Waals surface area contributed by atoms with Gasteiger partial charge in [0.15, 0.2) is 0 Å². The first-order valence-electron chi connectivity index (χ1n) is 8.42. The molecule has 0 spiro atoms. The van der Waals surface area contributed by atoms with Crippen molar-refractivity contribution in [3.05, 3.63) is 62.7 Å². The van der Waals surface area contributed by atoms with Gasteiger partial charge in [-0.1, -0.05) is 24.3 Å². The number of Topliss-reactive ketones (excluding diaryl/α,β-unsaturated/α-hetero) is 2. The summed E-state index contributed by atoms with van der Waals surface area (Å²) in [6.45, 7) is 1.58. The molecule has 2 aliphatic rings. The number of ether oxygens (including phenoxy) is 1. The molecule has 0 amide bonds. The van der Waals surface area contributed by atoms with E-state index in [1.807, 2.05) is 0 Å². The number of fused-ring (bicyclic) bond motifs is 1. The first-order chi connectivity index (χ1) is 13.4. The van der Waals surface area contributed by atoms with E-state index in [1.165, 1.54) is 12.1 Å². The van der Waals surface area contributed by atoms with Gasteiger partial charge in [-0.25, -0.2) is 8.42 Å². The highest BCUT2D eigenvalue weighted by Crippen LogP contribution is 2.31. The normalized spacial score (nSPS) is 17.7. The van der Waals surface area contributed by atoms with Crippen LogP contribution >= 0.6 is 27.3 Å². The number of rotatable bonds is 4. The molecule has 2 aromatic rings. The Hall–Kier alpha value is -2.01. The number of allylic oxidation sites excluding steroid dienone is 2. The predicted molar refractivity (Wildman–Crippen MR) is 107 cm³/mol. The molecule has 10 heteroatoms. The molecule has 0 saturated carbocycles. The van der Waals surface area contributed by atoms with Crippen LogP contribution in [0.5, 0.6) is 0 Å². The van der Waals surface area contributed by atoms with Crippen LogP contribution in [0.25, 0.3) is 0 Å². The van der Waals surface area contributed by atoms with E-state index in [2.05, 4.69) is 20.7 Å². The number of hydrogen-bond donors (Lipinski definition) is 1. The van der Waals surface area contributed by atoms with Gasteiger partial charge in [0.1, 0.15) is 15.6 Å². The number of sulfonamides is 1. The van der Waals surface area contributed by atoms with Crippen LogP contribution in [0.1, 0.15) is 20.7 Å². The number of nitrogens with one attached hydrogen (secondary N) is 1. The van der Waals surface area contributed by atoms with E-state index in [0.29, 0.717) is 30.1 Å². The van der Waals surface area contributed by atoms with Crippen molar-refractivity contribution in [1.29, 1.82) is 0 Å². The fraction of sp³-hybridized carbons (Fsp3) is 0.222. The molecule has 0 unspecified atom stereocenters. The summed E-state index contributed by atoms with van der Waals surface area (Å²) in [6, 6.07) is 9.49. The number of ketones is 2. The average Bonchev–Trinajstić information content (AvgIpc) is 3.14. The fourth-order valence-corrected chi connectivity index (χ4v) is 6.25. The number of morpholine rings is 1. The maximum absolute atomic E-state index is 13.2. The van der Waals surface area contributed by atoms with Gasteiger partial charge in [0.05, 0.1) is 17.0 Å². The summed E-state index contributed by atoms with van der Waals surface area (Å²) in [5, 5.41) is 0. The summed E-state index contributed by atoms with van der Waals surface area (Å²) >= 11 is 4.26. The van der Waals surface area contributed by atoms with E-state index >= 15 is 0 Å². The SMILES string of the molecule is O=C1C(NS(=O)(=O)c2ccc(Br)s2)=C(N2CCOCC2)C(=O)c2ccccc21. The van der Waals surface area contributed by atoms with Crippen LogP contribution in [-0.4, -0.2) is 51.2 Å². The number of hydrogen-bond acceptors (Lipinski definition) is 7. The Kier molecular flexibility index (Phi) is 5.13. The number of carbonyl (C=O) groups is 2. The van der Waals surface area contributed by atoms with Gasteiger partial charge in [-0.15, -0.1) is 11.3 Å². The smallest absolute Gasteiger partial charge is 0.271 e. The minimum atomic E-state index is -4.02. The van der Waals surface area contributed by atoms with Gasteiger partial charge < -0.3 is 9.64 Å². The van der Waals surface area contributed by atoms with Gasteiger partial charge in [-0.05, 0) is 28.1 Å². The molecule has 0 atom stereocenters. The zero-order valence-electron chi connectivity index (χ0n) is 14.5. The standard InChI is InChI=1S/C18H15BrN2O5S2/c19-13-5-6-14(27-13)28(24,25)20-15-16(21-7-9-26-10-8-21)18(23)12-4-2-1-3-11(12)17(15)22/h1-6,20H,7-10H2. The van der Waals surface area contributed by atoms with E-state index in [9.17, 15) is 18.0 Å². The first-order valence-corrected chi connectivity index (χ1v) is 11.5. The molecular weight excluding hydrogens is 468 g/mol. The third-order valence-electron chi connectivity index (χ3n) is 4.47. The zero-order chi connectivity index (χ0) is 19.9. The fourth-order valence-electron chi connectivity index (χ4n) is 3.17. The Morgan fingerprint density at radius 2 is 1.64 bits per heavy atom. The molecule has 7 nitrogen and oxygen atoms in total. The predicted octanol–water partition coefficient (Wildman–Crippen LogP) is 2.41. The number of nitrogens with zero attached hydrogens (tertiary/aromatic N) is 1. The van der Waals surface area contributed by atoms with Crippen LogP contribution in [0, 0.1) is 0 Å². The quantitative estimate of drug-likeness (QED) is 0.718. The molecule has 2 heterocycles. The molecule has 1 aromatic carbocycles. The van der Waals surface area contributed by atoms with Crippen molar-refractivity contribution in [1.82, 2.24) is 9.62 Å². The lowest BCUT2D eigenvalue weighted by molar-refractivity contribution is 0.0494. The van der Waals surface area contributed by atoms with E-state index in [1.54, 1.807) is 29.2 Å². The van der Waals surface area contributed by atoms with Crippen molar-refractivity contribution in [2.24, 2.45) is 0 Å². The van der Waals surface area contributed by atoms with Crippen LogP contribution in [0.2, 0.25) is 0 Å². The van der Waals surface area contributed by atoms with E-state index in [4.69, 9.17) is 4.74 Å². The van der Waals surface area contributed by atoms with Crippen LogP contribution < -0.4 is 4.72 Å². The zero-order valence-corrected chi connectivity index (χ0v) is 17.7. The second-order valence-corrected chi connectivity index (χ2v) is 10.6. The molecule has 4 rings (SSSR count). The third kappa shape index (κ3) is 3.41. The molecule has 146 valence electrons. The van der Waals surface area contributed by atoms with Gasteiger partial charge in [-0.3, -0.25) is 14.3 Å². The van der Waals surface area contributed by atoms with Crippen molar-refractivity contribution in [2.75, 3.05) is 26.3 Å². The minimum Gasteiger partial charge on any atom is -0.378 e. The Balaban J connectivity index is 1.83. The van der Waals surface area contributed by atoms with Crippen LogP contribution in [-0.2, 0) is 14.8 Å². The summed E-state index contributed by atoms with van der Waals surface area (Å²) in [6.07, 6.45) is 0. The Labute approximate surface area is 174 Å². The molecule has 28 heavy (non-hydrogen) atoms. The number of carbonyl (C=O) groups excluding carboxylic acids is 2. The average molecular weight is 483 g/mol. The van der Waals surface area contributed by atoms with E-state index in [-0.39, 0.29) is 32.5 Å². The van der Waals surface area contributed by atoms with Gasteiger partial charge in [0.25, 0.3) is 10.0 Å². The topological polar surface area (TPSA) is 92.8 Å². The van der Waals surface area contributed by atoms with Gasteiger partial charge in [0, 0.05) is 24.2 Å². The Morgan fingerprint density at radius 3 is 2.25 bits per heavy atom. The molecule has 1 aliphatic heterocycles. The van der Waals surface area contributed by atoms with E-state index in [0.717, 1.165) is 11.3 Å². The molecule has 1 aromatic heterocycles. The summed E-state index contributed by atoms with van der Waals surface area (Å²) in [5.41, 5.74) is 0.326. The lowest BCUT2D eigenvalue weighted by Gasteiger charge is -2.33. The first kappa shape index (κ1) is 19.3. The molecule has 0 bridgehead atoms. The van der Waals surface area contributed by atoms with E-state index < -0.39 is 15.8 Å². The Morgan fingerprint density at radius 1 is 1.00 bits per heavy atom. The highest BCUT2D eigenvalue weighted by Gasteiger charge is 2.37. The minimum absolute atomic E-state index is 0.0484. The number of halogens is 1. The molecule has 1 fully saturated rings. The number of benzene rings is 1. The van der Waals surface area contributed by atoms with Crippen molar-refractivity contribution in [3.8, 4) is 0 Å². The number of thiophene rings is 1. The molecule has 0 radical (unpaired) electrons. The second-order valence-electron chi connectivity index (χ2n) is 6.19. The van der Waals surface area contributed by atoms with Crippen molar-refractivity contribution in [2.45, 2.75) is 4.21 Å². The monoisotopic (exact) mass is 482 g/mol. The molecule has 1 N–H and O–H groups in total.